The van der Waals surface area contributed by atoms with E-state index in [1.165, 1.54) is 0 Å². The number of hydrogen-bond acceptors (Lipinski definition) is 2. The zero-order chi connectivity index (χ0) is 12.6. The second-order valence-electron chi connectivity index (χ2n) is 4.92. The van der Waals surface area contributed by atoms with Gasteiger partial charge in [0.05, 0.1) is 5.54 Å². The van der Waals surface area contributed by atoms with Crippen LogP contribution in [0, 0.1) is 12.8 Å². The van der Waals surface area contributed by atoms with E-state index < -0.39 is 5.54 Å². The summed E-state index contributed by atoms with van der Waals surface area (Å²) in [6, 6.07) is 5.74. The van der Waals surface area contributed by atoms with Gasteiger partial charge in [0.15, 0.2) is 0 Å². The molecule has 1 atom stereocenters. The van der Waals surface area contributed by atoms with Crippen molar-refractivity contribution in [1.82, 2.24) is 0 Å². The van der Waals surface area contributed by atoms with Crippen LogP contribution in [0.25, 0.3) is 0 Å². The van der Waals surface area contributed by atoms with Crippen molar-refractivity contribution >= 4 is 27.5 Å². The summed E-state index contributed by atoms with van der Waals surface area (Å²) < 4.78 is 0.987. The minimum atomic E-state index is -0.755. The first-order chi connectivity index (χ1) is 7.93. The lowest BCUT2D eigenvalue weighted by atomic mass is 9.96. The SMILES string of the molecule is Cc1c(Br)cccc1NC(=O)C(C)(N)C1CC1. The van der Waals surface area contributed by atoms with Crippen molar-refractivity contribution in [2.75, 3.05) is 5.32 Å². The highest BCUT2D eigenvalue weighted by atomic mass is 79.9. The quantitative estimate of drug-likeness (QED) is 0.901. The van der Waals surface area contributed by atoms with Gasteiger partial charge in [-0.15, -0.1) is 0 Å². The molecular weight excluding hydrogens is 280 g/mol. The normalized spacial score (nSPS) is 18.6. The van der Waals surface area contributed by atoms with Crippen LogP contribution < -0.4 is 11.1 Å². The van der Waals surface area contributed by atoms with Gasteiger partial charge in [-0.25, -0.2) is 0 Å². The van der Waals surface area contributed by atoms with Crippen molar-refractivity contribution in [1.29, 1.82) is 0 Å². The van der Waals surface area contributed by atoms with Crippen LogP contribution in [0.2, 0.25) is 0 Å². The largest absolute Gasteiger partial charge is 0.324 e. The van der Waals surface area contributed by atoms with Gasteiger partial charge in [-0.1, -0.05) is 22.0 Å². The average Bonchev–Trinajstić information content (AvgIpc) is 3.08. The first kappa shape index (κ1) is 12.6. The van der Waals surface area contributed by atoms with Gasteiger partial charge in [-0.3, -0.25) is 4.79 Å². The Balaban J connectivity index is 2.15. The molecule has 0 radical (unpaired) electrons. The van der Waals surface area contributed by atoms with Crippen molar-refractivity contribution in [2.24, 2.45) is 11.7 Å². The lowest BCUT2D eigenvalue weighted by Gasteiger charge is -2.23. The van der Waals surface area contributed by atoms with Crippen molar-refractivity contribution in [3.8, 4) is 0 Å². The highest BCUT2D eigenvalue weighted by Crippen LogP contribution is 2.38. The molecule has 3 N–H and O–H groups in total. The van der Waals surface area contributed by atoms with Crippen molar-refractivity contribution < 1.29 is 4.79 Å². The van der Waals surface area contributed by atoms with Gasteiger partial charge in [-0.05, 0) is 50.3 Å². The molecule has 17 heavy (non-hydrogen) atoms. The summed E-state index contributed by atoms with van der Waals surface area (Å²) in [5.41, 5.74) is 7.16. The van der Waals surface area contributed by atoms with E-state index >= 15 is 0 Å². The molecule has 0 aliphatic heterocycles. The van der Waals surface area contributed by atoms with E-state index in [1.54, 1.807) is 0 Å². The molecule has 0 spiro atoms. The smallest absolute Gasteiger partial charge is 0.244 e. The molecule has 1 saturated carbocycles. The van der Waals surface area contributed by atoms with E-state index in [1.807, 2.05) is 32.0 Å². The lowest BCUT2D eigenvalue weighted by molar-refractivity contribution is -0.121. The summed E-state index contributed by atoms with van der Waals surface area (Å²) in [6.07, 6.45) is 2.11. The minimum absolute atomic E-state index is 0.0961. The van der Waals surface area contributed by atoms with Crippen LogP contribution >= 0.6 is 15.9 Å². The number of nitrogens with one attached hydrogen (secondary N) is 1. The van der Waals surface area contributed by atoms with Crippen LogP contribution in [0.1, 0.15) is 25.3 Å². The van der Waals surface area contributed by atoms with Crippen LogP contribution in [0.3, 0.4) is 0 Å². The molecule has 2 rings (SSSR count). The standard InChI is InChI=1S/C13H17BrN2O/c1-8-10(14)4-3-5-11(8)16-12(17)13(2,15)9-6-7-9/h3-5,9H,6-7,15H2,1-2H3,(H,16,17). The maximum absolute atomic E-state index is 12.1. The summed E-state index contributed by atoms with van der Waals surface area (Å²) in [5.74, 6) is 0.233. The van der Waals surface area contributed by atoms with Crippen LogP contribution in [-0.2, 0) is 4.79 Å². The number of hydrogen-bond donors (Lipinski definition) is 2. The summed E-state index contributed by atoms with van der Waals surface area (Å²) in [4.78, 5) is 12.1. The van der Waals surface area contributed by atoms with E-state index in [-0.39, 0.29) is 5.91 Å². The molecule has 1 aliphatic rings. The molecule has 3 nitrogen and oxygen atoms in total. The van der Waals surface area contributed by atoms with Gasteiger partial charge in [0, 0.05) is 10.2 Å². The average molecular weight is 297 g/mol. The highest BCUT2D eigenvalue weighted by Gasteiger charge is 2.44. The minimum Gasteiger partial charge on any atom is -0.324 e. The summed E-state index contributed by atoms with van der Waals surface area (Å²) in [6.45, 7) is 3.78. The van der Waals surface area contributed by atoms with Gasteiger partial charge in [-0.2, -0.15) is 0 Å². The molecule has 1 aromatic rings. The molecule has 0 aromatic heterocycles. The lowest BCUT2D eigenvalue weighted by Crippen LogP contribution is -2.50. The molecule has 4 heteroatoms. The number of rotatable bonds is 3. The van der Waals surface area contributed by atoms with E-state index in [0.29, 0.717) is 5.92 Å². The topological polar surface area (TPSA) is 55.1 Å². The van der Waals surface area contributed by atoms with Crippen LogP contribution in [-0.4, -0.2) is 11.4 Å². The van der Waals surface area contributed by atoms with Crippen molar-refractivity contribution in [3.05, 3.63) is 28.2 Å². The van der Waals surface area contributed by atoms with Gasteiger partial charge >= 0.3 is 0 Å². The molecule has 0 bridgehead atoms. The Morgan fingerprint density at radius 2 is 2.18 bits per heavy atom. The number of nitrogens with two attached hydrogens (primary N) is 1. The van der Waals surface area contributed by atoms with Crippen LogP contribution in [0.5, 0.6) is 0 Å². The molecular formula is C13H17BrN2O. The molecule has 1 aliphatic carbocycles. The predicted molar refractivity (Wildman–Crippen MR) is 72.8 cm³/mol. The Morgan fingerprint density at radius 3 is 2.76 bits per heavy atom. The van der Waals surface area contributed by atoms with E-state index in [4.69, 9.17) is 5.73 Å². The number of carbonyl (C=O) groups is 1. The summed E-state index contributed by atoms with van der Waals surface area (Å²) >= 11 is 3.45. The molecule has 0 heterocycles. The Kier molecular flexibility index (Phi) is 3.27. The molecule has 1 unspecified atom stereocenters. The second-order valence-corrected chi connectivity index (χ2v) is 5.78. The molecule has 1 aromatic carbocycles. The van der Waals surface area contributed by atoms with E-state index in [2.05, 4.69) is 21.2 Å². The van der Waals surface area contributed by atoms with E-state index in [9.17, 15) is 4.79 Å². The summed E-state index contributed by atoms with van der Waals surface area (Å²) in [7, 11) is 0. The van der Waals surface area contributed by atoms with E-state index in [0.717, 1.165) is 28.6 Å². The number of amides is 1. The zero-order valence-electron chi connectivity index (χ0n) is 10.1. The first-order valence-corrected chi connectivity index (χ1v) is 6.57. The van der Waals surface area contributed by atoms with Crippen LogP contribution in [0.4, 0.5) is 5.69 Å². The van der Waals surface area contributed by atoms with Gasteiger partial charge in [0.2, 0.25) is 5.91 Å². The monoisotopic (exact) mass is 296 g/mol. The van der Waals surface area contributed by atoms with Crippen LogP contribution in [0.15, 0.2) is 22.7 Å². The fourth-order valence-electron chi connectivity index (χ4n) is 1.87. The Labute approximate surface area is 110 Å². The highest BCUT2D eigenvalue weighted by molar-refractivity contribution is 9.10. The molecule has 1 amide bonds. The number of halogens is 1. The fourth-order valence-corrected chi connectivity index (χ4v) is 2.23. The third-order valence-electron chi connectivity index (χ3n) is 3.43. The Bertz CT molecular complexity index is 453. The number of carbonyl (C=O) groups excluding carboxylic acids is 1. The summed E-state index contributed by atoms with van der Waals surface area (Å²) in [5, 5.41) is 2.92. The third-order valence-corrected chi connectivity index (χ3v) is 4.29. The maximum atomic E-state index is 12.1. The van der Waals surface area contributed by atoms with Gasteiger partial charge in [0.1, 0.15) is 0 Å². The maximum Gasteiger partial charge on any atom is 0.244 e. The van der Waals surface area contributed by atoms with Crippen molar-refractivity contribution in [2.45, 2.75) is 32.2 Å². The van der Waals surface area contributed by atoms with Gasteiger partial charge in [0.25, 0.3) is 0 Å². The van der Waals surface area contributed by atoms with Gasteiger partial charge < -0.3 is 11.1 Å². The molecule has 0 saturated heterocycles. The fraction of sp³-hybridized carbons (Fsp3) is 0.462. The number of anilines is 1. The first-order valence-electron chi connectivity index (χ1n) is 5.78. The third kappa shape index (κ3) is 2.53. The number of benzene rings is 1. The predicted octanol–water partition coefficient (Wildman–Crippen LogP) is 2.82. The zero-order valence-corrected chi connectivity index (χ0v) is 11.7. The second kappa shape index (κ2) is 4.42. The Morgan fingerprint density at radius 1 is 1.53 bits per heavy atom. The van der Waals surface area contributed by atoms with Crippen molar-refractivity contribution in [3.63, 3.8) is 0 Å². The Hall–Kier alpha value is -0.870. The molecule has 1 fully saturated rings. The molecule has 92 valence electrons.